The summed E-state index contributed by atoms with van der Waals surface area (Å²) in [5.41, 5.74) is 0.538. The highest BCUT2D eigenvalue weighted by Crippen LogP contribution is 2.32. The molecule has 2 heterocycles. The maximum Gasteiger partial charge on any atom is 0.277 e. The summed E-state index contributed by atoms with van der Waals surface area (Å²) in [7, 11) is 3.09. The number of thiophene rings is 1. The third-order valence-electron chi connectivity index (χ3n) is 3.45. The Bertz CT molecular complexity index is 861. The van der Waals surface area contributed by atoms with Crippen molar-refractivity contribution < 1.29 is 18.7 Å². The lowest BCUT2D eigenvalue weighted by Crippen LogP contribution is -2.13. The molecule has 0 radical (unpaired) electrons. The number of carbonyl (C=O) groups excluding carboxylic acids is 1. The zero-order valence-electron chi connectivity index (χ0n) is 13.9. The van der Waals surface area contributed by atoms with Crippen molar-refractivity contribution in [1.82, 2.24) is 10.2 Å². The monoisotopic (exact) mass is 376 g/mol. The molecule has 1 aromatic carbocycles. The van der Waals surface area contributed by atoms with Gasteiger partial charge in [-0.25, -0.2) is 0 Å². The van der Waals surface area contributed by atoms with Gasteiger partial charge in [0.1, 0.15) is 0 Å². The van der Waals surface area contributed by atoms with Crippen LogP contribution in [0.4, 0.5) is 0 Å². The lowest BCUT2D eigenvalue weighted by Gasteiger charge is -2.11. The van der Waals surface area contributed by atoms with Gasteiger partial charge < -0.3 is 13.9 Å². The highest BCUT2D eigenvalue weighted by molar-refractivity contribution is 8.00. The summed E-state index contributed by atoms with van der Waals surface area (Å²) in [6.45, 7) is 1.80. The molecule has 3 aromatic rings. The molecule has 130 valence electrons. The van der Waals surface area contributed by atoms with Gasteiger partial charge in [0.25, 0.3) is 11.1 Å². The summed E-state index contributed by atoms with van der Waals surface area (Å²) in [5.74, 6) is 1.50. The van der Waals surface area contributed by atoms with Crippen LogP contribution in [0.1, 0.15) is 17.3 Å². The first-order valence-corrected chi connectivity index (χ1v) is 9.18. The van der Waals surface area contributed by atoms with Crippen LogP contribution in [0.25, 0.3) is 10.8 Å². The van der Waals surface area contributed by atoms with Crippen molar-refractivity contribution in [2.75, 3.05) is 14.2 Å². The quantitative estimate of drug-likeness (QED) is 0.452. The van der Waals surface area contributed by atoms with Crippen LogP contribution in [0.3, 0.4) is 0 Å². The molecule has 0 saturated heterocycles. The molecule has 8 heteroatoms. The van der Waals surface area contributed by atoms with Crippen LogP contribution in [-0.2, 0) is 0 Å². The van der Waals surface area contributed by atoms with Gasteiger partial charge in [-0.1, -0.05) is 17.8 Å². The fourth-order valence-corrected chi connectivity index (χ4v) is 3.59. The van der Waals surface area contributed by atoms with Crippen LogP contribution in [0.5, 0.6) is 11.5 Å². The summed E-state index contributed by atoms with van der Waals surface area (Å²) in [4.78, 5) is 13.5. The van der Waals surface area contributed by atoms with E-state index in [-0.39, 0.29) is 11.0 Å². The van der Waals surface area contributed by atoms with Gasteiger partial charge in [0.2, 0.25) is 0 Å². The number of hydrogen-bond donors (Lipinski definition) is 0. The number of aromatic nitrogens is 2. The number of hydrogen-bond acceptors (Lipinski definition) is 8. The first-order valence-electron chi connectivity index (χ1n) is 7.42. The molecule has 6 nitrogen and oxygen atoms in total. The fourth-order valence-electron chi connectivity index (χ4n) is 2.19. The Morgan fingerprint density at radius 2 is 2.00 bits per heavy atom. The minimum atomic E-state index is -0.380. The smallest absolute Gasteiger partial charge is 0.277 e. The zero-order valence-corrected chi connectivity index (χ0v) is 15.5. The molecule has 25 heavy (non-hydrogen) atoms. The van der Waals surface area contributed by atoms with Gasteiger partial charge in [-0.3, -0.25) is 4.79 Å². The van der Waals surface area contributed by atoms with Crippen molar-refractivity contribution >= 4 is 28.9 Å². The van der Waals surface area contributed by atoms with Crippen LogP contribution in [-0.4, -0.2) is 35.5 Å². The second-order valence-electron chi connectivity index (χ2n) is 5.04. The van der Waals surface area contributed by atoms with Crippen LogP contribution in [0.15, 0.2) is 45.4 Å². The topological polar surface area (TPSA) is 74.5 Å². The van der Waals surface area contributed by atoms with Crippen LogP contribution < -0.4 is 9.47 Å². The normalized spacial score (nSPS) is 12.0. The molecule has 3 rings (SSSR count). The number of rotatable bonds is 7. The summed E-state index contributed by atoms with van der Waals surface area (Å²) in [5, 5.41) is 9.95. The number of ketones is 1. The van der Waals surface area contributed by atoms with Gasteiger partial charge >= 0.3 is 0 Å². The first-order chi connectivity index (χ1) is 12.1. The minimum absolute atomic E-state index is 0.0539. The van der Waals surface area contributed by atoms with Gasteiger partial charge in [0, 0.05) is 5.56 Å². The highest BCUT2D eigenvalue weighted by atomic mass is 32.2. The average Bonchev–Trinajstić information content (AvgIpc) is 3.31. The third-order valence-corrected chi connectivity index (χ3v) is 5.25. The molecule has 0 aliphatic heterocycles. The predicted molar refractivity (Wildman–Crippen MR) is 96.8 cm³/mol. The SMILES string of the molecule is COc1ccc(C(=O)[C@@H](C)Sc2nnc(-c3cccs3)o2)cc1OC. The molecular weight excluding hydrogens is 360 g/mol. The Labute approximate surface area is 153 Å². The van der Waals surface area contributed by atoms with E-state index >= 15 is 0 Å². The number of methoxy groups -OCH3 is 2. The second kappa shape index (κ2) is 7.71. The molecule has 0 spiro atoms. The van der Waals surface area contributed by atoms with E-state index in [0.29, 0.717) is 28.2 Å². The molecule has 0 unspecified atom stereocenters. The second-order valence-corrected chi connectivity index (χ2v) is 7.28. The summed E-state index contributed by atoms with van der Waals surface area (Å²) in [6.07, 6.45) is 0. The Kier molecular flexibility index (Phi) is 5.40. The Morgan fingerprint density at radius 1 is 1.20 bits per heavy atom. The Morgan fingerprint density at radius 3 is 2.68 bits per heavy atom. The molecule has 0 N–H and O–H groups in total. The standard InChI is InChI=1S/C17H16N2O4S2/c1-10(15(20)11-6-7-12(21-2)13(9-11)22-3)25-17-19-18-16(23-17)14-5-4-8-24-14/h4-10H,1-3H3/t10-/m1/s1. The van der Waals surface area contributed by atoms with Crippen LogP contribution in [0.2, 0.25) is 0 Å². The van der Waals surface area contributed by atoms with Crippen molar-refractivity contribution in [3.8, 4) is 22.3 Å². The third kappa shape index (κ3) is 3.85. The summed E-state index contributed by atoms with van der Waals surface area (Å²) in [6, 6.07) is 8.92. The molecule has 2 aromatic heterocycles. The molecule has 0 amide bonds. The van der Waals surface area contributed by atoms with E-state index in [2.05, 4.69) is 10.2 Å². The number of carbonyl (C=O) groups is 1. The van der Waals surface area contributed by atoms with E-state index in [4.69, 9.17) is 13.9 Å². The van der Waals surface area contributed by atoms with E-state index in [1.54, 1.807) is 32.2 Å². The van der Waals surface area contributed by atoms with Crippen molar-refractivity contribution in [1.29, 1.82) is 0 Å². The van der Waals surface area contributed by atoms with Gasteiger partial charge in [-0.05, 0) is 36.6 Å². The molecular formula is C17H16N2O4S2. The van der Waals surface area contributed by atoms with Gasteiger partial charge in [-0.2, -0.15) is 0 Å². The Hall–Kier alpha value is -2.32. The maximum absolute atomic E-state index is 12.6. The van der Waals surface area contributed by atoms with E-state index < -0.39 is 0 Å². The van der Waals surface area contributed by atoms with Crippen LogP contribution >= 0.6 is 23.1 Å². The number of benzene rings is 1. The van der Waals surface area contributed by atoms with Crippen molar-refractivity contribution in [3.63, 3.8) is 0 Å². The van der Waals surface area contributed by atoms with E-state index in [1.807, 2.05) is 17.5 Å². The molecule has 0 saturated carbocycles. The average molecular weight is 376 g/mol. The number of thioether (sulfide) groups is 1. The minimum Gasteiger partial charge on any atom is -0.493 e. The van der Waals surface area contributed by atoms with Crippen molar-refractivity contribution in [2.45, 2.75) is 17.4 Å². The number of Topliss-reactive ketones (excluding diaryl/α,β-unsaturated/α-hetero) is 1. The number of nitrogens with zero attached hydrogens (tertiary/aromatic N) is 2. The predicted octanol–water partition coefficient (Wildman–Crippen LogP) is 4.18. The lowest BCUT2D eigenvalue weighted by atomic mass is 10.1. The summed E-state index contributed by atoms with van der Waals surface area (Å²) < 4.78 is 16.1. The Balaban J connectivity index is 1.73. The largest absolute Gasteiger partial charge is 0.493 e. The van der Waals surface area contributed by atoms with Gasteiger partial charge in [0.05, 0.1) is 24.3 Å². The first kappa shape index (κ1) is 17.5. The van der Waals surface area contributed by atoms with Gasteiger partial charge in [0.15, 0.2) is 17.3 Å². The molecule has 0 fully saturated rings. The summed E-state index contributed by atoms with van der Waals surface area (Å²) >= 11 is 2.75. The lowest BCUT2D eigenvalue weighted by molar-refractivity contribution is 0.0993. The maximum atomic E-state index is 12.6. The molecule has 0 aliphatic rings. The van der Waals surface area contributed by atoms with Crippen molar-refractivity contribution in [2.24, 2.45) is 0 Å². The van der Waals surface area contributed by atoms with E-state index in [9.17, 15) is 4.79 Å². The van der Waals surface area contributed by atoms with Gasteiger partial charge in [-0.15, -0.1) is 21.5 Å². The highest BCUT2D eigenvalue weighted by Gasteiger charge is 2.21. The molecule has 1 atom stereocenters. The molecule has 0 bridgehead atoms. The van der Waals surface area contributed by atoms with E-state index in [1.165, 1.54) is 30.2 Å². The fraction of sp³-hybridized carbons (Fsp3) is 0.235. The van der Waals surface area contributed by atoms with Crippen molar-refractivity contribution in [3.05, 3.63) is 41.3 Å². The molecule has 0 aliphatic carbocycles. The van der Waals surface area contributed by atoms with Crippen LogP contribution in [0, 0.1) is 0 Å². The number of ether oxygens (including phenoxy) is 2. The zero-order chi connectivity index (χ0) is 17.8. The van der Waals surface area contributed by atoms with E-state index in [0.717, 1.165) is 4.88 Å².